The quantitative estimate of drug-likeness (QED) is 0.603. The molecule has 0 radical (unpaired) electrons. The van der Waals surface area contributed by atoms with Crippen LogP contribution in [0.3, 0.4) is 0 Å². The standard InChI is InChI=1S/C26H46N2O6/c1-18-12-20-16-33-10-8-32-9-11-34-17-21-13-19(2)15-23(25(21)31-4)28-7-5-6-27(26(28)29)22(14-18)24(20)30-3/h18-25H,5-17H2,1-4H3. The number of ether oxygens (including phenoxy) is 5. The Kier molecular flexibility index (Phi) is 9.49. The number of nitrogens with zero attached hydrogens (tertiary/aromatic N) is 2. The number of carbonyl (C=O) groups excluding carboxylic acids is 1. The maximum absolute atomic E-state index is 14.0. The fraction of sp³-hybridized carbons (Fsp3) is 0.962. The fourth-order valence-corrected chi connectivity index (χ4v) is 7.04. The number of rotatable bonds is 2. The average Bonchev–Trinajstić information content (AvgIpc) is 2.82. The topological polar surface area (TPSA) is 69.7 Å². The predicted molar refractivity (Wildman–Crippen MR) is 129 cm³/mol. The van der Waals surface area contributed by atoms with Gasteiger partial charge in [-0.2, -0.15) is 0 Å². The molecule has 2 amide bonds. The van der Waals surface area contributed by atoms with Crippen molar-refractivity contribution < 1.29 is 28.5 Å². The van der Waals surface area contributed by atoms with Gasteiger partial charge in [-0.3, -0.25) is 0 Å². The van der Waals surface area contributed by atoms with Crippen molar-refractivity contribution in [2.24, 2.45) is 23.7 Å². The van der Waals surface area contributed by atoms with Crippen molar-refractivity contribution in [2.45, 2.75) is 70.2 Å². The Labute approximate surface area is 205 Å². The summed E-state index contributed by atoms with van der Waals surface area (Å²) < 4.78 is 29.9. The van der Waals surface area contributed by atoms with Crippen molar-refractivity contribution in [1.29, 1.82) is 0 Å². The van der Waals surface area contributed by atoms with Crippen LogP contribution < -0.4 is 0 Å². The summed E-state index contributed by atoms with van der Waals surface area (Å²) in [6, 6.07) is 0.310. The average molecular weight is 483 g/mol. The fourth-order valence-electron chi connectivity index (χ4n) is 7.04. The van der Waals surface area contributed by atoms with Gasteiger partial charge in [0.25, 0.3) is 0 Å². The maximum Gasteiger partial charge on any atom is 0.320 e. The third-order valence-corrected chi connectivity index (χ3v) is 8.43. The van der Waals surface area contributed by atoms with Gasteiger partial charge in [-0.25, -0.2) is 4.79 Å². The molecule has 2 saturated carbocycles. The van der Waals surface area contributed by atoms with E-state index in [2.05, 4.69) is 23.6 Å². The van der Waals surface area contributed by atoms with E-state index in [0.29, 0.717) is 51.5 Å². The maximum atomic E-state index is 14.0. The first-order valence-electron chi connectivity index (χ1n) is 13.4. The highest BCUT2D eigenvalue weighted by atomic mass is 16.5. The number of hydrogen-bond donors (Lipinski definition) is 0. The number of methoxy groups -OCH3 is 2. The van der Waals surface area contributed by atoms with E-state index in [1.165, 1.54) is 0 Å². The van der Waals surface area contributed by atoms with Gasteiger partial charge in [0, 0.05) is 39.1 Å². The molecule has 4 aliphatic rings. The molecule has 2 aliphatic heterocycles. The van der Waals surface area contributed by atoms with E-state index in [1.54, 1.807) is 14.2 Å². The minimum absolute atomic E-state index is 0.00967. The van der Waals surface area contributed by atoms with Gasteiger partial charge in [0.1, 0.15) is 0 Å². The Morgan fingerprint density at radius 2 is 1.15 bits per heavy atom. The first kappa shape index (κ1) is 26.1. The molecular weight excluding hydrogens is 436 g/mol. The molecule has 0 N–H and O–H groups in total. The van der Waals surface area contributed by atoms with Crippen LogP contribution in [0.25, 0.3) is 0 Å². The summed E-state index contributed by atoms with van der Waals surface area (Å²) in [7, 11) is 3.58. The number of fused-ring (bicyclic) bond motifs is 8. The van der Waals surface area contributed by atoms with E-state index in [0.717, 1.165) is 45.2 Å². The van der Waals surface area contributed by atoms with Gasteiger partial charge in [-0.15, -0.1) is 0 Å². The van der Waals surface area contributed by atoms with E-state index < -0.39 is 0 Å². The molecule has 0 aromatic rings. The van der Waals surface area contributed by atoms with E-state index in [4.69, 9.17) is 23.7 Å². The lowest BCUT2D eigenvalue weighted by Crippen LogP contribution is -2.64. The Morgan fingerprint density at radius 3 is 1.59 bits per heavy atom. The van der Waals surface area contributed by atoms with E-state index >= 15 is 0 Å². The summed E-state index contributed by atoms with van der Waals surface area (Å²) in [6.07, 6.45) is 5.03. The number of carbonyl (C=O) groups is 1. The molecular formula is C26H46N2O6. The van der Waals surface area contributed by atoms with Gasteiger partial charge in [-0.05, 0) is 43.9 Å². The number of hydrogen-bond acceptors (Lipinski definition) is 6. The minimum Gasteiger partial charge on any atom is -0.379 e. The molecule has 34 heavy (non-hydrogen) atoms. The second kappa shape index (κ2) is 12.3. The summed E-state index contributed by atoms with van der Waals surface area (Å²) >= 11 is 0. The second-order valence-electron chi connectivity index (χ2n) is 11.0. The van der Waals surface area contributed by atoms with Crippen molar-refractivity contribution in [3.8, 4) is 0 Å². The zero-order valence-corrected chi connectivity index (χ0v) is 21.7. The molecule has 0 aromatic carbocycles. The van der Waals surface area contributed by atoms with Crippen LogP contribution in [0.1, 0.15) is 46.0 Å². The van der Waals surface area contributed by atoms with Crippen LogP contribution in [0.4, 0.5) is 4.79 Å². The van der Waals surface area contributed by atoms with E-state index in [9.17, 15) is 4.79 Å². The van der Waals surface area contributed by atoms with Gasteiger partial charge in [0.05, 0.1) is 63.9 Å². The Balaban J connectivity index is 1.60. The molecule has 2 heterocycles. The van der Waals surface area contributed by atoms with Crippen LogP contribution in [-0.2, 0) is 23.7 Å². The summed E-state index contributed by atoms with van der Waals surface area (Å²) in [5.41, 5.74) is 0. The molecule has 8 nitrogen and oxygen atoms in total. The van der Waals surface area contributed by atoms with Crippen molar-refractivity contribution in [1.82, 2.24) is 9.80 Å². The third kappa shape index (κ3) is 5.89. The highest BCUT2D eigenvalue weighted by molar-refractivity contribution is 5.76. The molecule has 2 aliphatic carbocycles. The molecule has 4 fully saturated rings. The molecule has 8 unspecified atom stereocenters. The van der Waals surface area contributed by atoms with Gasteiger partial charge in [0.15, 0.2) is 0 Å². The molecule has 0 spiro atoms. The van der Waals surface area contributed by atoms with E-state index in [-0.39, 0.29) is 42.2 Å². The monoisotopic (exact) mass is 482 g/mol. The molecule has 196 valence electrons. The van der Waals surface area contributed by atoms with Crippen LogP contribution in [0.2, 0.25) is 0 Å². The van der Waals surface area contributed by atoms with Crippen molar-refractivity contribution >= 4 is 6.03 Å². The predicted octanol–water partition coefficient (Wildman–Crippen LogP) is 3.04. The molecule has 8 atom stereocenters. The lowest BCUT2D eigenvalue weighted by molar-refractivity contribution is -0.102. The Morgan fingerprint density at radius 1 is 0.706 bits per heavy atom. The minimum atomic E-state index is -0.00967. The Bertz CT molecular complexity index is 601. The summed E-state index contributed by atoms with van der Waals surface area (Å²) in [4.78, 5) is 18.2. The number of urea groups is 1. The van der Waals surface area contributed by atoms with Gasteiger partial charge in [-0.1, -0.05) is 13.8 Å². The normalized spacial score (nSPS) is 41.0. The van der Waals surface area contributed by atoms with Gasteiger partial charge < -0.3 is 33.5 Å². The van der Waals surface area contributed by atoms with Crippen molar-refractivity contribution in [3.63, 3.8) is 0 Å². The molecule has 8 heteroatoms. The summed E-state index contributed by atoms with van der Waals surface area (Å²) in [5, 5.41) is 0. The molecule has 4 rings (SSSR count). The van der Waals surface area contributed by atoms with Crippen LogP contribution in [0, 0.1) is 23.7 Å². The van der Waals surface area contributed by atoms with Gasteiger partial charge >= 0.3 is 6.03 Å². The lowest BCUT2D eigenvalue weighted by Gasteiger charge is -2.52. The van der Waals surface area contributed by atoms with Crippen LogP contribution in [0.5, 0.6) is 0 Å². The first-order chi connectivity index (χ1) is 16.5. The van der Waals surface area contributed by atoms with Crippen LogP contribution in [-0.4, -0.2) is 107 Å². The third-order valence-electron chi connectivity index (χ3n) is 8.43. The summed E-state index contributed by atoms with van der Waals surface area (Å²) in [6.45, 7) is 9.71. The SMILES string of the molecule is COC1C2COCCOCCOCC3CC(C)CC(C3OC)N3CCCN(C3=O)C1CC(C)C2. The van der Waals surface area contributed by atoms with Crippen molar-refractivity contribution in [2.75, 3.05) is 67.0 Å². The van der Waals surface area contributed by atoms with Crippen LogP contribution in [0.15, 0.2) is 0 Å². The zero-order chi connectivity index (χ0) is 24.1. The second-order valence-corrected chi connectivity index (χ2v) is 11.0. The van der Waals surface area contributed by atoms with Crippen LogP contribution >= 0.6 is 0 Å². The Hall–Kier alpha value is -0.930. The smallest absolute Gasteiger partial charge is 0.320 e. The first-order valence-corrected chi connectivity index (χ1v) is 13.4. The largest absolute Gasteiger partial charge is 0.379 e. The van der Waals surface area contributed by atoms with Gasteiger partial charge in [0.2, 0.25) is 0 Å². The zero-order valence-electron chi connectivity index (χ0n) is 21.7. The highest BCUT2D eigenvalue weighted by Crippen LogP contribution is 2.39. The molecule has 0 aromatic heterocycles. The highest BCUT2D eigenvalue weighted by Gasteiger charge is 2.47. The molecule has 2 saturated heterocycles. The van der Waals surface area contributed by atoms with E-state index in [1.807, 2.05) is 0 Å². The number of amides is 2. The van der Waals surface area contributed by atoms with Crippen molar-refractivity contribution in [3.05, 3.63) is 0 Å². The summed E-state index contributed by atoms with van der Waals surface area (Å²) in [5.74, 6) is 1.60. The lowest BCUT2D eigenvalue weighted by atomic mass is 9.75. The molecule has 6 bridgehead atoms.